The molecular formula is C22H22N2O4. The van der Waals surface area contributed by atoms with Crippen molar-refractivity contribution < 1.29 is 18.7 Å². The Morgan fingerprint density at radius 1 is 1.11 bits per heavy atom. The molecule has 0 radical (unpaired) electrons. The summed E-state index contributed by atoms with van der Waals surface area (Å²) in [6.45, 7) is 3.93. The zero-order valence-electron chi connectivity index (χ0n) is 15.9. The molecule has 0 bridgehead atoms. The van der Waals surface area contributed by atoms with E-state index in [1.54, 1.807) is 31.2 Å². The summed E-state index contributed by atoms with van der Waals surface area (Å²) in [7, 11) is 0. The Kier molecular flexibility index (Phi) is 6.22. The van der Waals surface area contributed by atoms with Crippen LogP contribution in [0.3, 0.4) is 0 Å². The molecule has 0 saturated heterocycles. The molecule has 0 spiro atoms. The van der Waals surface area contributed by atoms with E-state index in [1.807, 2.05) is 37.3 Å². The van der Waals surface area contributed by atoms with E-state index in [0.717, 1.165) is 17.0 Å². The SMILES string of the molecule is CCOC(=O)c1cccc(NC(=O)CCc2nc(C)c(-c3ccccc3)o2)c1. The van der Waals surface area contributed by atoms with Crippen LogP contribution in [0.25, 0.3) is 11.3 Å². The van der Waals surface area contributed by atoms with Crippen molar-refractivity contribution in [3.8, 4) is 11.3 Å². The van der Waals surface area contributed by atoms with E-state index in [1.165, 1.54) is 0 Å². The van der Waals surface area contributed by atoms with Gasteiger partial charge in [-0.1, -0.05) is 36.4 Å². The Bertz CT molecular complexity index is 964. The van der Waals surface area contributed by atoms with Gasteiger partial charge >= 0.3 is 5.97 Å². The van der Waals surface area contributed by atoms with Crippen molar-refractivity contribution in [2.75, 3.05) is 11.9 Å². The summed E-state index contributed by atoms with van der Waals surface area (Å²) in [5.41, 5.74) is 2.70. The van der Waals surface area contributed by atoms with Crippen LogP contribution in [0.4, 0.5) is 5.69 Å². The van der Waals surface area contributed by atoms with Crippen molar-refractivity contribution in [3.05, 3.63) is 71.7 Å². The van der Waals surface area contributed by atoms with E-state index in [2.05, 4.69) is 10.3 Å². The number of anilines is 1. The Morgan fingerprint density at radius 3 is 2.64 bits per heavy atom. The van der Waals surface area contributed by atoms with Gasteiger partial charge in [-0.15, -0.1) is 0 Å². The molecule has 0 aliphatic heterocycles. The standard InChI is InChI=1S/C22H22N2O4/c1-3-27-22(26)17-10-7-11-18(14-17)24-19(25)12-13-20-23-15(2)21(28-20)16-8-5-4-6-9-16/h4-11,14H,3,12-13H2,1-2H3,(H,24,25). The van der Waals surface area contributed by atoms with E-state index in [9.17, 15) is 9.59 Å². The number of rotatable bonds is 7. The molecule has 0 saturated carbocycles. The summed E-state index contributed by atoms with van der Waals surface area (Å²) in [6, 6.07) is 16.4. The summed E-state index contributed by atoms with van der Waals surface area (Å²) in [5, 5.41) is 2.79. The lowest BCUT2D eigenvalue weighted by Crippen LogP contribution is -2.13. The van der Waals surface area contributed by atoms with Crippen LogP contribution >= 0.6 is 0 Å². The van der Waals surface area contributed by atoms with E-state index in [4.69, 9.17) is 9.15 Å². The molecule has 1 amide bonds. The van der Waals surface area contributed by atoms with Gasteiger partial charge < -0.3 is 14.5 Å². The highest BCUT2D eigenvalue weighted by Crippen LogP contribution is 2.24. The maximum atomic E-state index is 12.3. The molecule has 3 rings (SSSR count). The topological polar surface area (TPSA) is 81.4 Å². The van der Waals surface area contributed by atoms with Crippen LogP contribution in [-0.4, -0.2) is 23.5 Å². The smallest absolute Gasteiger partial charge is 0.338 e. The van der Waals surface area contributed by atoms with Gasteiger partial charge in [0.05, 0.1) is 17.9 Å². The molecule has 144 valence electrons. The van der Waals surface area contributed by atoms with Crippen LogP contribution in [0.5, 0.6) is 0 Å². The van der Waals surface area contributed by atoms with E-state index in [0.29, 0.717) is 30.2 Å². The van der Waals surface area contributed by atoms with Crippen molar-refractivity contribution >= 4 is 17.6 Å². The monoisotopic (exact) mass is 378 g/mol. The number of carbonyl (C=O) groups is 2. The molecular weight excluding hydrogens is 356 g/mol. The zero-order valence-corrected chi connectivity index (χ0v) is 15.9. The Morgan fingerprint density at radius 2 is 1.89 bits per heavy atom. The zero-order chi connectivity index (χ0) is 19.9. The van der Waals surface area contributed by atoms with E-state index < -0.39 is 5.97 Å². The second-order valence-electron chi connectivity index (χ2n) is 6.24. The lowest BCUT2D eigenvalue weighted by Gasteiger charge is -2.07. The third-order valence-electron chi connectivity index (χ3n) is 4.10. The van der Waals surface area contributed by atoms with Crippen LogP contribution in [0.15, 0.2) is 59.0 Å². The number of hydrogen-bond donors (Lipinski definition) is 1. The van der Waals surface area contributed by atoms with Crippen molar-refractivity contribution in [3.63, 3.8) is 0 Å². The largest absolute Gasteiger partial charge is 0.462 e. The fraction of sp³-hybridized carbons (Fsp3) is 0.227. The normalized spacial score (nSPS) is 10.5. The molecule has 0 unspecified atom stereocenters. The molecule has 0 aliphatic carbocycles. The number of hydrogen-bond acceptors (Lipinski definition) is 5. The summed E-state index contributed by atoms with van der Waals surface area (Å²) in [4.78, 5) is 28.5. The summed E-state index contributed by atoms with van der Waals surface area (Å²) in [5.74, 6) is 0.644. The quantitative estimate of drug-likeness (QED) is 0.616. The van der Waals surface area contributed by atoms with Crippen LogP contribution in [0.1, 0.15) is 35.3 Å². The van der Waals surface area contributed by atoms with Crippen LogP contribution in [0, 0.1) is 6.92 Å². The molecule has 6 nitrogen and oxygen atoms in total. The molecule has 3 aromatic rings. The van der Waals surface area contributed by atoms with Gasteiger partial charge in [0.2, 0.25) is 5.91 Å². The third kappa shape index (κ3) is 4.85. The molecule has 2 aromatic carbocycles. The van der Waals surface area contributed by atoms with E-state index in [-0.39, 0.29) is 12.3 Å². The highest BCUT2D eigenvalue weighted by molar-refractivity contribution is 5.94. The van der Waals surface area contributed by atoms with Gasteiger partial charge in [0.1, 0.15) is 0 Å². The first kappa shape index (κ1) is 19.4. The average molecular weight is 378 g/mol. The summed E-state index contributed by atoms with van der Waals surface area (Å²) >= 11 is 0. The Labute approximate surface area is 163 Å². The molecule has 0 fully saturated rings. The molecule has 1 aromatic heterocycles. The molecule has 28 heavy (non-hydrogen) atoms. The maximum Gasteiger partial charge on any atom is 0.338 e. The lowest BCUT2D eigenvalue weighted by atomic mass is 10.1. The Hall–Kier alpha value is -3.41. The van der Waals surface area contributed by atoms with Gasteiger partial charge in [0.25, 0.3) is 0 Å². The number of carbonyl (C=O) groups excluding carboxylic acids is 2. The van der Waals surface area contributed by atoms with Gasteiger partial charge in [0.15, 0.2) is 11.7 Å². The minimum atomic E-state index is -0.415. The third-order valence-corrected chi connectivity index (χ3v) is 4.10. The molecule has 0 atom stereocenters. The predicted octanol–water partition coefficient (Wildman–Crippen LogP) is 4.40. The predicted molar refractivity (Wildman–Crippen MR) is 106 cm³/mol. The molecule has 1 N–H and O–H groups in total. The second kappa shape index (κ2) is 8.99. The number of esters is 1. The molecule has 1 heterocycles. The van der Waals surface area contributed by atoms with E-state index >= 15 is 0 Å². The number of nitrogens with one attached hydrogen (secondary N) is 1. The highest BCUT2D eigenvalue weighted by Gasteiger charge is 2.13. The fourth-order valence-corrected chi connectivity index (χ4v) is 2.80. The Balaban J connectivity index is 1.59. The first-order valence-electron chi connectivity index (χ1n) is 9.15. The van der Waals surface area contributed by atoms with Crippen LogP contribution in [-0.2, 0) is 16.0 Å². The van der Waals surface area contributed by atoms with Crippen LogP contribution < -0.4 is 5.32 Å². The number of oxazole rings is 1. The number of amides is 1. The van der Waals surface area contributed by atoms with Crippen molar-refractivity contribution in [1.82, 2.24) is 4.98 Å². The van der Waals surface area contributed by atoms with Gasteiger partial charge in [-0.2, -0.15) is 0 Å². The first-order chi connectivity index (χ1) is 13.6. The molecule has 6 heteroatoms. The first-order valence-corrected chi connectivity index (χ1v) is 9.15. The van der Waals surface area contributed by atoms with Gasteiger partial charge in [-0.3, -0.25) is 4.79 Å². The van der Waals surface area contributed by atoms with Gasteiger partial charge in [-0.25, -0.2) is 9.78 Å². The summed E-state index contributed by atoms with van der Waals surface area (Å²) in [6.07, 6.45) is 0.606. The number of ether oxygens (including phenoxy) is 1. The van der Waals surface area contributed by atoms with Crippen molar-refractivity contribution in [1.29, 1.82) is 0 Å². The second-order valence-corrected chi connectivity index (χ2v) is 6.24. The number of benzene rings is 2. The maximum absolute atomic E-state index is 12.3. The fourth-order valence-electron chi connectivity index (χ4n) is 2.80. The number of aromatic nitrogens is 1. The number of aryl methyl sites for hydroxylation is 2. The number of nitrogens with zero attached hydrogens (tertiary/aromatic N) is 1. The minimum absolute atomic E-state index is 0.182. The highest BCUT2D eigenvalue weighted by atomic mass is 16.5. The average Bonchev–Trinajstić information content (AvgIpc) is 3.08. The minimum Gasteiger partial charge on any atom is -0.462 e. The van der Waals surface area contributed by atoms with Crippen molar-refractivity contribution in [2.45, 2.75) is 26.7 Å². The summed E-state index contributed by atoms with van der Waals surface area (Å²) < 4.78 is 10.8. The lowest BCUT2D eigenvalue weighted by molar-refractivity contribution is -0.116. The van der Waals surface area contributed by atoms with Gasteiger partial charge in [0, 0.05) is 24.1 Å². The molecule has 0 aliphatic rings. The van der Waals surface area contributed by atoms with Gasteiger partial charge in [-0.05, 0) is 32.0 Å². The van der Waals surface area contributed by atoms with Crippen LogP contribution in [0.2, 0.25) is 0 Å². The van der Waals surface area contributed by atoms with Crippen molar-refractivity contribution in [2.24, 2.45) is 0 Å².